The average molecular weight is 1900 g/mol. The van der Waals surface area contributed by atoms with E-state index in [2.05, 4.69) is 519 Å². The van der Waals surface area contributed by atoms with Gasteiger partial charge in [-0.3, -0.25) is 0 Å². The lowest BCUT2D eigenvalue weighted by Crippen LogP contribution is -2.27. The zero-order valence-electron chi connectivity index (χ0n) is 103. The number of hydrogen-bond donors (Lipinski definition) is 0. The normalized spacial score (nSPS) is 18.2. The Morgan fingerprint density at radius 2 is 0.413 bits per heavy atom. The molecule has 0 bridgehead atoms. The molecule has 3 fully saturated rings. The van der Waals surface area contributed by atoms with Gasteiger partial charge in [-0.15, -0.1) is 0 Å². The molecule has 0 spiro atoms. The lowest BCUT2D eigenvalue weighted by molar-refractivity contribution is 0.126. The van der Waals surface area contributed by atoms with Gasteiger partial charge in [0, 0.05) is 0 Å². The van der Waals surface area contributed by atoms with Crippen LogP contribution < -0.4 is 0 Å². The Morgan fingerprint density at radius 1 is 0.174 bits per heavy atom. The highest BCUT2D eigenvalue weighted by Gasteiger charge is 2.35. The van der Waals surface area contributed by atoms with Crippen LogP contribution in [-0.2, 0) is 71.0 Å². The SMILES string of the molecule is CC(C)(C)CC1CCC(CC(C)(C)C)CC1.CC(C)(C)CC1CCCC(CC(C)(C)C)C1.CC(C)(C)CC1CCCCC1CC(C)(C)C.CC(C)(C)Cc1ccc(CC(C)(C)C)cc1.CC(C)(C)Cc1cccc(CC(C)(C)C)c1.CC(C)(C)Cc1ccccc1CC(C)(C)C.CC(C)(C)c1ccc(C(C)(C)C)cc1.CC(C)(C)c1cccc(C(C)(C)C)c1.CC(C)(C)c1ccccc1C(C)(C)C. The molecule has 0 heteroatoms. The molecule has 0 amide bonds. The van der Waals surface area contributed by atoms with Gasteiger partial charge in [0.15, 0.2) is 0 Å². The van der Waals surface area contributed by atoms with Gasteiger partial charge in [-0.05, 0) is 283 Å². The fraction of sp³-hybridized carbons (Fsp3) is 0.739. The smallest absolute Gasteiger partial charge is 0.0129 e. The van der Waals surface area contributed by atoms with Gasteiger partial charge in [0.25, 0.3) is 0 Å². The van der Waals surface area contributed by atoms with Gasteiger partial charge < -0.3 is 0 Å². The first-order valence-corrected chi connectivity index (χ1v) is 56.2. The van der Waals surface area contributed by atoms with E-state index >= 15 is 0 Å². The Hall–Kier alpha value is -4.68. The quantitative estimate of drug-likeness (QED) is 0.115. The summed E-state index contributed by atoms with van der Waals surface area (Å²) in [5, 5.41) is 0. The first kappa shape index (κ1) is 131. The highest BCUT2D eigenvalue weighted by Crippen LogP contribution is 2.46. The lowest BCUT2D eigenvalue weighted by Gasteiger charge is -2.38. The first-order valence-electron chi connectivity index (χ1n) is 56.2. The Balaban J connectivity index is 0.000000777. The molecular weight excluding hydrogens is 1660 g/mol. The molecule has 138 heavy (non-hydrogen) atoms. The Labute approximate surface area is 867 Å². The third kappa shape index (κ3) is 65.6. The standard InChI is InChI=1S/C16H32.C16H26.C16H32.C16H26.C16H32.C16H26.3C14H22/c2*1-15(2,3)11-13-7-9-14(10-8-13)12-16(4,5)6;2*1-15(2,3)11-13-8-7-9-14(10-13)12-16(4,5)6;2*1-15(2,3)11-13-9-7-8-10-14(13)12-16(4,5)6;1-13(2,3)11-7-9-12(10-8-11)14(4,5)6;1-13(2,3)11-8-7-9-12(10-11)14(4,5)6;1-13(2,3)11-9-7-8-10-12(11)14(4,5)6/h13-14H,7-12H2,1-6H3;7-10H,11-12H2,1-6H3;13-14H,7-12H2,1-6H3;7-10H,11-12H2,1-6H3;13-14H,7-12H2,1-6H3;7-10H,11-12H2,1-6H3;3*7-10H,1-6H3. The first-order chi connectivity index (χ1) is 61.6. The molecule has 4 atom stereocenters. The van der Waals surface area contributed by atoms with Gasteiger partial charge in [0.2, 0.25) is 0 Å². The van der Waals surface area contributed by atoms with Crippen molar-refractivity contribution < 1.29 is 0 Å². The molecule has 3 aliphatic carbocycles. The summed E-state index contributed by atoms with van der Waals surface area (Å²) < 4.78 is 0. The van der Waals surface area contributed by atoms with Crippen LogP contribution >= 0.6 is 0 Å². The Morgan fingerprint density at radius 3 is 0.652 bits per heavy atom. The van der Waals surface area contributed by atoms with E-state index in [0.29, 0.717) is 65.0 Å². The van der Waals surface area contributed by atoms with Crippen molar-refractivity contribution in [2.75, 3.05) is 0 Å². The molecule has 3 saturated carbocycles. The van der Waals surface area contributed by atoms with Gasteiger partial charge in [-0.25, -0.2) is 0 Å². The second-order valence-corrected chi connectivity index (χ2v) is 65.2. The van der Waals surface area contributed by atoms with Crippen molar-refractivity contribution in [1.29, 1.82) is 0 Å². The molecule has 0 aromatic heterocycles. The topological polar surface area (TPSA) is 0 Å². The van der Waals surface area contributed by atoms with E-state index in [1.165, 1.54) is 195 Å². The van der Waals surface area contributed by atoms with E-state index in [9.17, 15) is 0 Å². The molecule has 9 rings (SSSR count). The maximum absolute atomic E-state index is 2.40. The molecule has 0 radical (unpaired) electrons. The molecule has 0 N–H and O–H groups in total. The predicted molar refractivity (Wildman–Crippen MR) is 631 cm³/mol. The molecule has 6 aromatic rings. The molecule has 6 aromatic carbocycles. The van der Waals surface area contributed by atoms with Crippen LogP contribution in [0.15, 0.2) is 146 Å². The fourth-order valence-electron chi connectivity index (χ4n) is 21.1. The van der Waals surface area contributed by atoms with E-state index in [1.54, 1.807) is 0 Å². The van der Waals surface area contributed by atoms with E-state index in [-0.39, 0.29) is 32.5 Å². The second-order valence-electron chi connectivity index (χ2n) is 65.2. The van der Waals surface area contributed by atoms with Crippen molar-refractivity contribution >= 4 is 0 Å². The van der Waals surface area contributed by atoms with Gasteiger partial charge in [0.05, 0.1) is 0 Å². The largest absolute Gasteiger partial charge is 0.0620 e. The van der Waals surface area contributed by atoms with Gasteiger partial charge in [-0.1, -0.05) is 590 Å². The van der Waals surface area contributed by atoms with E-state index < -0.39 is 0 Å². The molecule has 4 unspecified atom stereocenters. The van der Waals surface area contributed by atoms with Crippen LogP contribution in [-0.4, -0.2) is 0 Å². The zero-order chi connectivity index (χ0) is 107. The predicted octanol–water partition coefficient (Wildman–Crippen LogP) is 44.4. The summed E-state index contributed by atoms with van der Waals surface area (Å²) in [5.41, 5.74) is 24.3. The third-order valence-electron chi connectivity index (χ3n) is 26.5. The molecule has 792 valence electrons. The van der Waals surface area contributed by atoms with Crippen LogP contribution in [0.3, 0.4) is 0 Å². The van der Waals surface area contributed by atoms with E-state index in [4.69, 9.17) is 0 Å². The van der Waals surface area contributed by atoms with Crippen molar-refractivity contribution in [1.82, 2.24) is 0 Å². The van der Waals surface area contributed by atoms with Crippen molar-refractivity contribution in [2.45, 2.75) is 560 Å². The summed E-state index contributed by atoms with van der Waals surface area (Å²) in [4.78, 5) is 0. The summed E-state index contributed by atoms with van der Waals surface area (Å²) in [7, 11) is 0. The third-order valence-corrected chi connectivity index (χ3v) is 26.5. The highest BCUT2D eigenvalue weighted by atomic mass is 14.4. The lowest BCUT2D eigenvalue weighted by atomic mass is 9.67. The number of benzene rings is 6. The Bertz CT molecular complexity index is 3990. The van der Waals surface area contributed by atoms with Crippen LogP contribution in [0.2, 0.25) is 0 Å². The maximum Gasteiger partial charge on any atom is -0.0129 e. The zero-order valence-corrected chi connectivity index (χ0v) is 103. The number of hydrogen-bond acceptors (Lipinski definition) is 0. The van der Waals surface area contributed by atoms with Crippen molar-refractivity contribution in [3.8, 4) is 0 Å². The monoisotopic (exact) mass is 1900 g/mol. The van der Waals surface area contributed by atoms with Crippen molar-refractivity contribution in [3.63, 3.8) is 0 Å². The van der Waals surface area contributed by atoms with Crippen LogP contribution in [0.5, 0.6) is 0 Å². The molecule has 3 aliphatic rings. The van der Waals surface area contributed by atoms with Gasteiger partial charge >= 0.3 is 0 Å². The summed E-state index contributed by atoms with van der Waals surface area (Å²) >= 11 is 0. The summed E-state index contributed by atoms with van der Waals surface area (Å²) in [6.07, 6.45) is 33.3. The minimum Gasteiger partial charge on any atom is -0.0620 e. The maximum atomic E-state index is 2.40. The van der Waals surface area contributed by atoms with Crippen LogP contribution in [0, 0.1) is 100 Å². The Kier molecular flexibility index (Phi) is 51.5. The molecule has 0 aliphatic heterocycles. The number of rotatable bonds is 12. The minimum absolute atomic E-state index is 0.240. The second kappa shape index (κ2) is 54.1. The van der Waals surface area contributed by atoms with Crippen molar-refractivity contribution in [3.05, 3.63) is 212 Å². The summed E-state index contributed by atoms with van der Waals surface area (Å²) in [5.74, 6) is 6.01. The molecule has 0 saturated heterocycles. The highest BCUT2D eigenvalue weighted by molar-refractivity contribution is 5.38. The van der Waals surface area contributed by atoms with Crippen LogP contribution in [0.25, 0.3) is 0 Å². The molecule has 0 nitrogen and oxygen atoms in total. The summed E-state index contributed by atoms with van der Waals surface area (Å²) in [6.45, 7) is 125. The van der Waals surface area contributed by atoms with Gasteiger partial charge in [0.1, 0.15) is 0 Å². The van der Waals surface area contributed by atoms with Crippen LogP contribution in [0.4, 0.5) is 0 Å². The van der Waals surface area contributed by atoms with Crippen molar-refractivity contribution in [2.24, 2.45) is 100 Å². The summed E-state index contributed by atoms with van der Waals surface area (Å²) in [6, 6.07) is 53.8. The van der Waals surface area contributed by atoms with E-state index in [1.807, 2.05) is 0 Å². The van der Waals surface area contributed by atoms with E-state index in [0.717, 1.165) is 61.2 Å². The van der Waals surface area contributed by atoms with Gasteiger partial charge in [-0.2, -0.15) is 0 Å². The van der Waals surface area contributed by atoms with Crippen LogP contribution in [0.1, 0.15) is 556 Å². The average Bonchev–Trinajstić information content (AvgIpc) is 0.791. The fourth-order valence-corrected chi connectivity index (χ4v) is 21.1. The minimum atomic E-state index is 0.240. The molecular formula is C138H240. The molecule has 0 heterocycles.